The molecule has 0 aromatic heterocycles. The van der Waals surface area contributed by atoms with Crippen molar-refractivity contribution in [3.05, 3.63) is 0 Å². The number of halogens is 2. The lowest BCUT2D eigenvalue weighted by Gasteiger charge is -2.37. The van der Waals surface area contributed by atoms with E-state index in [9.17, 15) is 0 Å². The summed E-state index contributed by atoms with van der Waals surface area (Å²) in [7, 11) is 0. The molecule has 8 heavy (non-hydrogen) atoms. The van der Waals surface area contributed by atoms with Crippen LogP contribution in [0, 0.1) is 5.41 Å². The van der Waals surface area contributed by atoms with Crippen LogP contribution >= 0.6 is 35.0 Å². The Labute approximate surface area is 63.9 Å². The van der Waals surface area contributed by atoms with Crippen molar-refractivity contribution < 1.29 is 0 Å². The summed E-state index contributed by atoms with van der Waals surface area (Å²) in [6.45, 7) is 0. The summed E-state index contributed by atoms with van der Waals surface area (Å²) in [5, 5.41) is 0. The minimum Gasteiger partial charge on any atom is -0.161 e. The molecule has 0 aromatic carbocycles. The molecule has 48 valence electrons. The van der Waals surface area contributed by atoms with E-state index in [2.05, 4.69) is 0 Å². The second-order valence-electron chi connectivity index (χ2n) is 2.26. The quantitative estimate of drug-likeness (QED) is 0.574. The van der Waals surface area contributed by atoms with Gasteiger partial charge in [-0.1, -0.05) is 0 Å². The predicted octanol–water partition coefficient (Wildman–Crippen LogP) is 2.20. The highest BCUT2D eigenvalue weighted by Crippen LogP contribution is 2.39. The van der Waals surface area contributed by atoms with E-state index in [1.54, 1.807) is 0 Å². The minimum absolute atomic E-state index is 0.299. The van der Waals surface area contributed by atoms with Crippen molar-refractivity contribution in [3.63, 3.8) is 0 Å². The van der Waals surface area contributed by atoms with Crippen LogP contribution in [0.5, 0.6) is 0 Å². The first kappa shape index (κ1) is 7.04. The molecule has 0 saturated carbocycles. The Hall–Kier alpha value is 0.930. The summed E-state index contributed by atoms with van der Waals surface area (Å²) < 4.78 is 0. The first-order chi connectivity index (χ1) is 3.83. The van der Waals surface area contributed by atoms with Crippen LogP contribution in [0.3, 0.4) is 0 Å². The molecule has 0 bridgehead atoms. The summed E-state index contributed by atoms with van der Waals surface area (Å²) in [6, 6.07) is 0. The molecule has 0 nitrogen and oxygen atoms in total. The van der Waals surface area contributed by atoms with E-state index < -0.39 is 0 Å². The number of alkyl halides is 2. The van der Waals surface area contributed by atoms with E-state index in [0.29, 0.717) is 5.41 Å². The van der Waals surface area contributed by atoms with Gasteiger partial charge in [0.25, 0.3) is 0 Å². The molecule has 0 spiro atoms. The maximum atomic E-state index is 5.66. The van der Waals surface area contributed by atoms with Crippen LogP contribution in [-0.4, -0.2) is 23.3 Å². The maximum Gasteiger partial charge on any atom is 0.0307 e. The predicted molar refractivity (Wildman–Crippen MR) is 41.2 cm³/mol. The lowest BCUT2D eigenvalue weighted by Crippen LogP contribution is -2.39. The zero-order valence-electron chi connectivity index (χ0n) is 4.49. The van der Waals surface area contributed by atoms with Crippen LogP contribution in [0.25, 0.3) is 0 Å². The van der Waals surface area contributed by atoms with Gasteiger partial charge in [-0.3, -0.25) is 0 Å². The van der Waals surface area contributed by atoms with Gasteiger partial charge >= 0.3 is 0 Å². The van der Waals surface area contributed by atoms with Crippen LogP contribution in [-0.2, 0) is 0 Å². The van der Waals surface area contributed by atoms with Gasteiger partial charge in [-0.15, -0.1) is 23.2 Å². The van der Waals surface area contributed by atoms with Gasteiger partial charge in [-0.2, -0.15) is 11.8 Å². The number of hydrogen-bond donors (Lipinski definition) is 0. The van der Waals surface area contributed by atoms with Crippen molar-refractivity contribution in [3.8, 4) is 0 Å². The highest BCUT2D eigenvalue weighted by Gasteiger charge is 2.35. The molecule has 0 unspecified atom stereocenters. The zero-order valence-corrected chi connectivity index (χ0v) is 6.82. The fourth-order valence-electron chi connectivity index (χ4n) is 0.581. The summed E-state index contributed by atoms with van der Waals surface area (Å²) >= 11 is 13.2. The standard InChI is InChI=1S/C5H8Cl2S/c6-1-5(2-7)3-8-4-5/h1-4H2. The Morgan fingerprint density at radius 2 is 1.75 bits per heavy atom. The first-order valence-electron chi connectivity index (χ1n) is 2.53. The third-order valence-electron chi connectivity index (χ3n) is 1.38. The van der Waals surface area contributed by atoms with Crippen molar-refractivity contribution in [2.45, 2.75) is 0 Å². The molecule has 1 aliphatic heterocycles. The molecule has 0 amide bonds. The molecule has 0 aliphatic carbocycles. The van der Waals surface area contributed by atoms with E-state index in [1.807, 2.05) is 11.8 Å². The first-order valence-corrected chi connectivity index (χ1v) is 4.75. The monoisotopic (exact) mass is 170 g/mol. The average molecular weight is 171 g/mol. The molecule has 0 aromatic rings. The van der Waals surface area contributed by atoms with Gasteiger partial charge in [0, 0.05) is 28.7 Å². The smallest absolute Gasteiger partial charge is 0.0307 e. The van der Waals surface area contributed by atoms with Crippen molar-refractivity contribution >= 4 is 35.0 Å². The highest BCUT2D eigenvalue weighted by molar-refractivity contribution is 8.00. The summed E-state index contributed by atoms with van der Waals surface area (Å²) in [4.78, 5) is 0. The fraction of sp³-hybridized carbons (Fsp3) is 1.00. The van der Waals surface area contributed by atoms with Gasteiger partial charge in [-0.05, 0) is 0 Å². The summed E-state index contributed by atoms with van der Waals surface area (Å²) in [5.74, 6) is 3.76. The average Bonchev–Trinajstić information content (AvgIpc) is 1.67. The maximum absolute atomic E-state index is 5.66. The van der Waals surface area contributed by atoms with Gasteiger partial charge in [-0.25, -0.2) is 0 Å². The van der Waals surface area contributed by atoms with Gasteiger partial charge < -0.3 is 0 Å². The molecular formula is C5H8Cl2S. The SMILES string of the molecule is ClCC1(CCl)CSC1. The third-order valence-corrected chi connectivity index (χ3v) is 4.15. The Balaban J connectivity index is 2.33. The van der Waals surface area contributed by atoms with E-state index in [4.69, 9.17) is 23.2 Å². The normalized spacial score (nSPS) is 24.8. The molecule has 1 fully saturated rings. The largest absolute Gasteiger partial charge is 0.161 e. The Kier molecular flexibility index (Phi) is 2.36. The van der Waals surface area contributed by atoms with Crippen LogP contribution < -0.4 is 0 Å². The van der Waals surface area contributed by atoms with Crippen LogP contribution in [0.4, 0.5) is 0 Å². The molecular weight excluding hydrogens is 163 g/mol. The summed E-state index contributed by atoms with van der Waals surface area (Å²) in [5.41, 5.74) is 0.299. The molecule has 0 N–H and O–H groups in total. The number of thioether (sulfide) groups is 1. The molecule has 1 aliphatic rings. The molecule has 3 heteroatoms. The van der Waals surface area contributed by atoms with Crippen molar-refractivity contribution in [1.29, 1.82) is 0 Å². The van der Waals surface area contributed by atoms with E-state index in [-0.39, 0.29) is 0 Å². The highest BCUT2D eigenvalue weighted by atomic mass is 35.5. The van der Waals surface area contributed by atoms with E-state index in [1.165, 1.54) is 0 Å². The van der Waals surface area contributed by atoms with Gasteiger partial charge in [0.15, 0.2) is 0 Å². The Morgan fingerprint density at radius 3 is 1.75 bits per heavy atom. The van der Waals surface area contributed by atoms with Crippen molar-refractivity contribution in [2.75, 3.05) is 23.3 Å². The molecule has 1 saturated heterocycles. The lowest BCUT2D eigenvalue weighted by molar-refractivity contribution is 0.477. The van der Waals surface area contributed by atoms with Crippen molar-refractivity contribution in [2.24, 2.45) is 5.41 Å². The van der Waals surface area contributed by atoms with Gasteiger partial charge in [0.05, 0.1) is 0 Å². The third kappa shape index (κ3) is 1.09. The molecule has 0 radical (unpaired) electrons. The van der Waals surface area contributed by atoms with E-state index in [0.717, 1.165) is 23.3 Å². The molecule has 1 rings (SSSR count). The topological polar surface area (TPSA) is 0 Å². The Bertz CT molecular complexity index is 67.0. The van der Waals surface area contributed by atoms with Crippen molar-refractivity contribution in [1.82, 2.24) is 0 Å². The number of rotatable bonds is 2. The lowest BCUT2D eigenvalue weighted by atomic mass is 9.98. The van der Waals surface area contributed by atoms with Crippen LogP contribution in [0.1, 0.15) is 0 Å². The zero-order chi connectivity index (χ0) is 6.04. The van der Waals surface area contributed by atoms with Gasteiger partial charge in [0.2, 0.25) is 0 Å². The second kappa shape index (κ2) is 2.68. The number of hydrogen-bond acceptors (Lipinski definition) is 1. The molecule has 1 heterocycles. The molecule has 0 atom stereocenters. The fourth-order valence-corrected chi connectivity index (χ4v) is 2.88. The summed E-state index contributed by atoms with van der Waals surface area (Å²) in [6.07, 6.45) is 0. The second-order valence-corrected chi connectivity index (χ2v) is 3.78. The van der Waals surface area contributed by atoms with Gasteiger partial charge in [0.1, 0.15) is 0 Å². The van der Waals surface area contributed by atoms with E-state index >= 15 is 0 Å². The Morgan fingerprint density at radius 1 is 1.25 bits per heavy atom. The van der Waals surface area contributed by atoms with Crippen LogP contribution in [0.15, 0.2) is 0 Å². The van der Waals surface area contributed by atoms with Crippen LogP contribution in [0.2, 0.25) is 0 Å². The minimum atomic E-state index is 0.299.